The van der Waals surface area contributed by atoms with Gasteiger partial charge in [-0.15, -0.1) is 0 Å². The van der Waals surface area contributed by atoms with Gasteiger partial charge >= 0.3 is 0 Å². The van der Waals surface area contributed by atoms with Crippen molar-refractivity contribution in [1.82, 2.24) is 4.90 Å². The van der Waals surface area contributed by atoms with Gasteiger partial charge in [0.2, 0.25) is 0 Å². The number of carbonyl (C=O) groups excluding carboxylic acids is 1. The molecule has 1 aromatic rings. The minimum Gasteiger partial charge on any atom is -0.383 e. The summed E-state index contributed by atoms with van der Waals surface area (Å²) in [6.45, 7) is 6.53. The Morgan fingerprint density at radius 3 is 2.79 bits per heavy atom. The van der Waals surface area contributed by atoms with Crippen LogP contribution in [0.2, 0.25) is 5.02 Å². The van der Waals surface area contributed by atoms with Crippen molar-refractivity contribution in [3.05, 3.63) is 34.9 Å². The first kappa shape index (κ1) is 16.2. The van der Waals surface area contributed by atoms with Crippen LogP contribution >= 0.6 is 11.6 Å². The van der Waals surface area contributed by atoms with Crippen LogP contribution in [0.15, 0.2) is 24.3 Å². The van der Waals surface area contributed by atoms with Crippen LogP contribution in [0.5, 0.6) is 0 Å². The molecule has 0 fully saturated rings. The molecule has 0 radical (unpaired) electrons. The first-order valence-electron chi connectivity index (χ1n) is 6.60. The van der Waals surface area contributed by atoms with Crippen LogP contribution < -0.4 is 0 Å². The molecular weight excluding hydrogens is 262 g/mol. The molecule has 0 saturated heterocycles. The molecule has 0 saturated carbocycles. The Hall–Kier alpha value is -0.900. The standard InChI is InChI=1S/C15H22ClNO2/c1-4-17(12(2)11-19-3)9-8-15(18)13-6-5-7-14(16)10-13/h5-7,10,12H,4,8-9,11H2,1-3H3. The van der Waals surface area contributed by atoms with Crippen LogP contribution in [0, 0.1) is 0 Å². The maximum absolute atomic E-state index is 12.1. The van der Waals surface area contributed by atoms with E-state index in [0.29, 0.717) is 29.7 Å². The lowest BCUT2D eigenvalue weighted by molar-refractivity contribution is 0.0873. The Morgan fingerprint density at radius 1 is 1.47 bits per heavy atom. The average molecular weight is 284 g/mol. The fourth-order valence-corrected chi connectivity index (χ4v) is 2.28. The number of halogens is 1. The predicted molar refractivity (Wildman–Crippen MR) is 79.0 cm³/mol. The number of benzene rings is 1. The SMILES string of the molecule is CCN(CCC(=O)c1cccc(Cl)c1)C(C)COC. The highest BCUT2D eigenvalue weighted by Crippen LogP contribution is 2.13. The number of nitrogens with zero attached hydrogens (tertiary/aromatic N) is 1. The highest BCUT2D eigenvalue weighted by molar-refractivity contribution is 6.31. The summed E-state index contributed by atoms with van der Waals surface area (Å²) in [7, 11) is 1.70. The summed E-state index contributed by atoms with van der Waals surface area (Å²) in [5.74, 6) is 0.130. The van der Waals surface area contributed by atoms with E-state index in [1.807, 2.05) is 6.07 Å². The first-order valence-corrected chi connectivity index (χ1v) is 6.98. The van der Waals surface area contributed by atoms with Crippen molar-refractivity contribution >= 4 is 17.4 Å². The van der Waals surface area contributed by atoms with Crippen LogP contribution in [0.3, 0.4) is 0 Å². The van der Waals surface area contributed by atoms with Crippen molar-refractivity contribution in [3.8, 4) is 0 Å². The highest BCUT2D eigenvalue weighted by Gasteiger charge is 2.14. The van der Waals surface area contributed by atoms with Gasteiger partial charge < -0.3 is 4.74 Å². The zero-order chi connectivity index (χ0) is 14.3. The third kappa shape index (κ3) is 5.31. The third-order valence-corrected chi connectivity index (χ3v) is 3.45. The Morgan fingerprint density at radius 2 is 2.21 bits per heavy atom. The van der Waals surface area contributed by atoms with E-state index in [0.717, 1.165) is 13.1 Å². The second-order valence-corrected chi connectivity index (χ2v) is 5.05. The Kier molecular flexibility index (Phi) is 7.06. The molecule has 1 rings (SSSR count). The summed E-state index contributed by atoms with van der Waals surface area (Å²) in [6.07, 6.45) is 0.502. The van der Waals surface area contributed by atoms with E-state index in [1.54, 1.807) is 25.3 Å². The molecule has 0 bridgehead atoms. The number of ether oxygens (including phenoxy) is 1. The smallest absolute Gasteiger partial charge is 0.164 e. The van der Waals surface area contributed by atoms with Gasteiger partial charge in [0.25, 0.3) is 0 Å². The predicted octanol–water partition coefficient (Wildman–Crippen LogP) is 3.27. The lowest BCUT2D eigenvalue weighted by Gasteiger charge is -2.26. The number of methoxy groups -OCH3 is 1. The molecule has 0 heterocycles. The molecule has 1 atom stereocenters. The topological polar surface area (TPSA) is 29.5 Å². The zero-order valence-corrected chi connectivity index (χ0v) is 12.6. The molecule has 0 aromatic heterocycles. The van der Waals surface area contributed by atoms with Crippen LogP contribution in [0.4, 0.5) is 0 Å². The van der Waals surface area contributed by atoms with Gasteiger partial charge in [0.05, 0.1) is 6.61 Å². The molecule has 19 heavy (non-hydrogen) atoms. The number of ketones is 1. The summed E-state index contributed by atoms with van der Waals surface area (Å²) in [4.78, 5) is 14.3. The van der Waals surface area contributed by atoms with Crippen molar-refractivity contribution in [3.63, 3.8) is 0 Å². The molecule has 0 spiro atoms. The van der Waals surface area contributed by atoms with E-state index in [1.165, 1.54) is 0 Å². The molecule has 4 heteroatoms. The van der Waals surface area contributed by atoms with Gasteiger partial charge in [0, 0.05) is 36.7 Å². The fourth-order valence-electron chi connectivity index (χ4n) is 2.09. The van der Waals surface area contributed by atoms with Crippen LogP contribution in [0.1, 0.15) is 30.6 Å². The molecule has 3 nitrogen and oxygen atoms in total. The van der Waals surface area contributed by atoms with E-state index in [-0.39, 0.29) is 5.78 Å². The van der Waals surface area contributed by atoms with Crippen molar-refractivity contribution in [2.75, 3.05) is 26.8 Å². The quantitative estimate of drug-likeness (QED) is 0.686. The average Bonchev–Trinajstić information content (AvgIpc) is 2.39. The van der Waals surface area contributed by atoms with E-state index >= 15 is 0 Å². The van der Waals surface area contributed by atoms with Crippen molar-refractivity contribution in [2.45, 2.75) is 26.3 Å². The fraction of sp³-hybridized carbons (Fsp3) is 0.533. The minimum absolute atomic E-state index is 0.130. The maximum atomic E-state index is 12.1. The van der Waals surface area contributed by atoms with Gasteiger partial charge in [-0.1, -0.05) is 30.7 Å². The highest BCUT2D eigenvalue weighted by atomic mass is 35.5. The lowest BCUT2D eigenvalue weighted by atomic mass is 10.1. The summed E-state index contributed by atoms with van der Waals surface area (Å²) in [5, 5.41) is 0.603. The van der Waals surface area contributed by atoms with Crippen molar-refractivity contribution in [2.24, 2.45) is 0 Å². The summed E-state index contributed by atoms with van der Waals surface area (Å²) in [6, 6.07) is 7.43. The Labute approximate surface area is 120 Å². The van der Waals surface area contributed by atoms with Gasteiger partial charge in [-0.05, 0) is 25.6 Å². The number of hydrogen-bond acceptors (Lipinski definition) is 3. The number of Topliss-reactive ketones (excluding diaryl/α,β-unsaturated/α-hetero) is 1. The molecule has 106 valence electrons. The molecule has 0 aliphatic heterocycles. The monoisotopic (exact) mass is 283 g/mol. The second kappa shape index (κ2) is 8.31. The van der Waals surface area contributed by atoms with E-state index in [9.17, 15) is 4.79 Å². The van der Waals surface area contributed by atoms with Crippen molar-refractivity contribution < 1.29 is 9.53 Å². The van der Waals surface area contributed by atoms with Gasteiger partial charge in [-0.2, -0.15) is 0 Å². The Balaban J connectivity index is 2.53. The zero-order valence-electron chi connectivity index (χ0n) is 11.9. The molecule has 1 unspecified atom stereocenters. The molecule has 0 amide bonds. The number of likely N-dealkylation sites (N-methyl/N-ethyl adjacent to an activating group) is 1. The number of rotatable bonds is 8. The lowest BCUT2D eigenvalue weighted by Crippen LogP contribution is -2.37. The molecule has 0 aliphatic carbocycles. The molecule has 0 aliphatic rings. The first-order chi connectivity index (χ1) is 9.08. The van der Waals surface area contributed by atoms with Gasteiger partial charge in [0.15, 0.2) is 5.78 Å². The Bertz CT molecular complexity index is 409. The molecule has 0 N–H and O–H groups in total. The molecular formula is C15H22ClNO2. The van der Waals surface area contributed by atoms with Crippen LogP contribution in [0.25, 0.3) is 0 Å². The van der Waals surface area contributed by atoms with E-state index < -0.39 is 0 Å². The largest absolute Gasteiger partial charge is 0.383 e. The van der Waals surface area contributed by atoms with Gasteiger partial charge in [0.1, 0.15) is 0 Å². The third-order valence-electron chi connectivity index (χ3n) is 3.21. The summed E-state index contributed by atoms with van der Waals surface area (Å²) in [5.41, 5.74) is 0.683. The minimum atomic E-state index is 0.130. The van der Waals surface area contributed by atoms with Crippen LogP contribution in [-0.2, 0) is 4.74 Å². The van der Waals surface area contributed by atoms with Gasteiger partial charge in [-0.3, -0.25) is 9.69 Å². The molecule has 1 aromatic carbocycles. The van der Waals surface area contributed by atoms with E-state index in [2.05, 4.69) is 18.7 Å². The van der Waals surface area contributed by atoms with E-state index in [4.69, 9.17) is 16.3 Å². The van der Waals surface area contributed by atoms with Crippen molar-refractivity contribution in [1.29, 1.82) is 0 Å². The maximum Gasteiger partial charge on any atom is 0.164 e. The second-order valence-electron chi connectivity index (χ2n) is 4.62. The summed E-state index contributed by atoms with van der Waals surface area (Å²) < 4.78 is 5.15. The number of hydrogen-bond donors (Lipinski definition) is 0. The summed E-state index contributed by atoms with van der Waals surface area (Å²) >= 11 is 5.89. The van der Waals surface area contributed by atoms with Crippen LogP contribution in [-0.4, -0.2) is 43.5 Å². The van der Waals surface area contributed by atoms with Gasteiger partial charge in [-0.25, -0.2) is 0 Å². The normalized spacial score (nSPS) is 12.7. The number of carbonyl (C=O) groups is 1.